The lowest BCUT2D eigenvalue weighted by atomic mass is 10.1. The zero-order valence-electron chi connectivity index (χ0n) is 34.7. The van der Waals surface area contributed by atoms with Crippen molar-refractivity contribution in [3.8, 4) is 0 Å². The van der Waals surface area contributed by atoms with Crippen LogP contribution in [0.25, 0.3) is 0 Å². The molecule has 0 aromatic rings. The van der Waals surface area contributed by atoms with Crippen molar-refractivity contribution in [2.45, 2.75) is 180 Å². The van der Waals surface area contributed by atoms with Gasteiger partial charge >= 0.3 is 25.7 Å². The summed E-state index contributed by atoms with van der Waals surface area (Å²) in [4.78, 5) is 45.9. The highest BCUT2D eigenvalue weighted by Gasteiger charge is 2.28. The van der Waals surface area contributed by atoms with E-state index in [1.165, 1.54) is 38.5 Å². The topological polar surface area (TPSA) is 172 Å². The van der Waals surface area contributed by atoms with Crippen LogP contribution in [0.4, 0.5) is 0 Å². The molecular weight excluding hydrogens is 733 g/mol. The Morgan fingerprint density at radius 1 is 0.554 bits per heavy atom. The van der Waals surface area contributed by atoms with Crippen LogP contribution in [0.15, 0.2) is 60.8 Å². The van der Waals surface area contributed by atoms with Crippen molar-refractivity contribution < 1.29 is 47.5 Å². The van der Waals surface area contributed by atoms with E-state index >= 15 is 0 Å². The Bertz CT molecular complexity index is 1180. The van der Waals surface area contributed by atoms with Gasteiger partial charge in [0.05, 0.1) is 13.2 Å². The van der Waals surface area contributed by atoms with Gasteiger partial charge in [0.15, 0.2) is 6.10 Å². The molecule has 56 heavy (non-hydrogen) atoms. The molecule has 0 radical (unpaired) electrons. The molecule has 0 aliphatic heterocycles. The number of hydrogen-bond acceptors (Lipinski definition) is 9. The van der Waals surface area contributed by atoms with Gasteiger partial charge in [-0.25, -0.2) is 4.57 Å². The van der Waals surface area contributed by atoms with Crippen LogP contribution in [0, 0.1) is 0 Å². The number of esters is 2. The predicted octanol–water partition coefficient (Wildman–Crippen LogP) is 11.2. The number of allylic oxidation sites excluding steroid dienone is 10. The molecule has 0 saturated heterocycles. The van der Waals surface area contributed by atoms with Crippen LogP contribution in [0.5, 0.6) is 0 Å². The molecule has 0 bridgehead atoms. The number of ether oxygens (including phenoxy) is 2. The highest BCUT2D eigenvalue weighted by molar-refractivity contribution is 7.47. The average molecular weight is 810 g/mol. The third-order valence-electron chi connectivity index (χ3n) is 8.74. The largest absolute Gasteiger partial charge is 0.480 e. The Hall–Kier alpha value is -2.82. The Kier molecular flexibility index (Phi) is 37.1. The molecule has 322 valence electrons. The van der Waals surface area contributed by atoms with Crippen molar-refractivity contribution in [1.29, 1.82) is 0 Å². The van der Waals surface area contributed by atoms with E-state index in [1.807, 2.05) is 0 Å². The van der Waals surface area contributed by atoms with E-state index in [4.69, 9.17) is 24.8 Å². The predicted molar refractivity (Wildman–Crippen MR) is 226 cm³/mol. The minimum Gasteiger partial charge on any atom is -0.480 e. The first-order chi connectivity index (χ1) is 27.1. The van der Waals surface area contributed by atoms with Gasteiger partial charge in [-0.3, -0.25) is 23.4 Å². The number of phosphoric ester groups is 1. The van der Waals surface area contributed by atoms with Crippen molar-refractivity contribution in [2.75, 3.05) is 19.8 Å². The molecule has 1 unspecified atom stereocenters. The lowest BCUT2D eigenvalue weighted by molar-refractivity contribution is -0.161. The number of nitrogens with two attached hydrogens (primary N) is 1. The molecule has 0 aliphatic carbocycles. The Labute approximate surface area is 338 Å². The van der Waals surface area contributed by atoms with E-state index in [0.717, 1.165) is 89.9 Å². The summed E-state index contributed by atoms with van der Waals surface area (Å²) in [6.45, 7) is 2.70. The summed E-state index contributed by atoms with van der Waals surface area (Å²) >= 11 is 0. The third kappa shape index (κ3) is 38.1. The molecule has 0 saturated carbocycles. The fraction of sp³-hybridized carbons (Fsp3) is 0.705. The lowest BCUT2D eigenvalue weighted by Gasteiger charge is -2.20. The third-order valence-corrected chi connectivity index (χ3v) is 9.69. The van der Waals surface area contributed by atoms with Gasteiger partial charge in [-0.15, -0.1) is 0 Å². The minimum absolute atomic E-state index is 0.130. The van der Waals surface area contributed by atoms with Gasteiger partial charge < -0.3 is 25.2 Å². The molecule has 3 atom stereocenters. The summed E-state index contributed by atoms with van der Waals surface area (Å²) in [5, 5.41) is 8.88. The maximum Gasteiger partial charge on any atom is 0.472 e. The van der Waals surface area contributed by atoms with Gasteiger partial charge in [0.2, 0.25) is 0 Å². The van der Waals surface area contributed by atoms with Crippen LogP contribution in [0.1, 0.15) is 168 Å². The van der Waals surface area contributed by atoms with Crippen LogP contribution >= 0.6 is 7.82 Å². The molecule has 0 aromatic carbocycles. The van der Waals surface area contributed by atoms with E-state index in [0.29, 0.717) is 12.8 Å². The van der Waals surface area contributed by atoms with Gasteiger partial charge in [0, 0.05) is 12.8 Å². The second kappa shape index (κ2) is 39.0. The zero-order chi connectivity index (χ0) is 41.4. The number of unbranched alkanes of at least 4 members (excludes halogenated alkanes) is 15. The molecule has 0 aliphatic rings. The number of rotatable bonds is 39. The van der Waals surface area contributed by atoms with Gasteiger partial charge in [0.1, 0.15) is 12.6 Å². The van der Waals surface area contributed by atoms with Crippen LogP contribution in [-0.4, -0.2) is 59.9 Å². The van der Waals surface area contributed by atoms with Crippen LogP contribution in [-0.2, 0) is 37.5 Å². The second-order valence-electron chi connectivity index (χ2n) is 14.1. The number of carboxylic acids is 1. The van der Waals surface area contributed by atoms with Gasteiger partial charge in [-0.2, -0.15) is 0 Å². The normalized spacial score (nSPS) is 14.4. The first-order valence-electron chi connectivity index (χ1n) is 21.3. The molecule has 0 amide bonds. The monoisotopic (exact) mass is 810 g/mol. The lowest BCUT2D eigenvalue weighted by Crippen LogP contribution is -2.34. The standard InChI is InChI=1S/C44H76NO10P/c1-3-5-7-9-11-13-15-17-19-20-22-24-26-28-30-32-34-36-43(47)55-40(38-53-56(50,51)54-39-41(45)44(48)49)37-52-42(46)35-33-31-29-27-25-23-21-18-16-14-12-10-8-6-4-2/h11-14,17-19,21-22,24,40-41H,3-10,15-16,20,23,25-39,45H2,1-2H3,(H,48,49)(H,50,51)/b13-11+,14-12+,19-17+,21-18+,24-22+/t40-,41+/m1/s1. The zero-order valence-corrected chi connectivity index (χ0v) is 35.6. The van der Waals surface area contributed by atoms with Crippen LogP contribution in [0.3, 0.4) is 0 Å². The molecule has 12 heteroatoms. The SMILES string of the molecule is CCCCC/C=C/C/C=C/C/C=C/CCCCCCC(=O)O[C@H](COC(=O)CCCCCCC/C=C/C/C=C/CCCCC)COP(=O)(O)OC[C@H](N)C(=O)O. The van der Waals surface area contributed by atoms with Crippen LogP contribution in [0.2, 0.25) is 0 Å². The molecule has 0 fully saturated rings. The van der Waals surface area contributed by atoms with Gasteiger partial charge in [0.25, 0.3) is 0 Å². The quantitative estimate of drug-likeness (QED) is 0.0233. The number of aliphatic carboxylic acids is 1. The first-order valence-corrected chi connectivity index (χ1v) is 22.8. The minimum atomic E-state index is -4.73. The Balaban J connectivity index is 4.46. The van der Waals surface area contributed by atoms with E-state index in [9.17, 15) is 23.8 Å². The van der Waals surface area contributed by atoms with Gasteiger partial charge in [-0.1, -0.05) is 132 Å². The summed E-state index contributed by atoms with van der Waals surface area (Å²) in [6, 6.07) is -1.53. The maximum absolute atomic E-state index is 12.6. The highest BCUT2D eigenvalue weighted by atomic mass is 31.2. The second-order valence-corrected chi connectivity index (χ2v) is 15.6. The Morgan fingerprint density at radius 3 is 1.41 bits per heavy atom. The fourth-order valence-corrected chi connectivity index (χ4v) is 6.11. The van der Waals surface area contributed by atoms with Crippen molar-refractivity contribution in [3.05, 3.63) is 60.8 Å². The number of hydrogen-bond donors (Lipinski definition) is 3. The summed E-state index contributed by atoms with van der Waals surface area (Å²) in [6.07, 6.45) is 44.2. The summed E-state index contributed by atoms with van der Waals surface area (Å²) in [7, 11) is -4.73. The summed E-state index contributed by atoms with van der Waals surface area (Å²) in [5.41, 5.74) is 5.33. The summed E-state index contributed by atoms with van der Waals surface area (Å²) < 4.78 is 32.6. The average Bonchev–Trinajstić information content (AvgIpc) is 3.17. The van der Waals surface area contributed by atoms with Crippen molar-refractivity contribution in [2.24, 2.45) is 5.73 Å². The van der Waals surface area contributed by atoms with Crippen molar-refractivity contribution in [1.82, 2.24) is 0 Å². The van der Waals surface area contributed by atoms with Crippen LogP contribution < -0.4 is 5.73 Å². The molecule has 0 aromatic heterocycles. The number of phosphoric acid groups is 1. The maximum atomic E-state index is 12.6. The summed E-state index contributed by atoms with van der Waals surface area (Å²) in [5.74, 6) is -2.43. The first kappa shape index (κ1) is 53.2. The molecule has 0 rings (SSSR count). The number of carbonyl (C=O) groups excluding carboxylic acids is 2. The highest BCUT2D eigenvalue weighted by Crippen LogP contribution is 2.43. The molecule has 0 heterocycles. The van der Waals surface area contributed by atoms with Gasteiger partial charge in [-0.05, 0) is 83.5 Å². The van der Waals surface area contributed by atoms with E-state index in [2.05, 4.69) is 79.1 Å². The number of carboxylic acid groups (broad SMARTS) is 1. The van der Waals surface area contributed by atoms with Crippen molar-refractivity contribution in [3.63, 3.8) is 0 Å². The molecule has 11 nitrogen and oxygen atoms in total. The van der Waals surface area contributed by atoms with E-state index in [-0.39, 0.29) is 19.4 Å². The van der Waals surface area contributed by atoms with E-state index in [1.54, 1.807) is 0 Å². The smallest absolute Gasteiger partial charge is 0.472 e. The Morgan fingerprint density at radius 2 is 0.946 bits per heavy atom. The number of carbonyl (C=O) groups is 3. The molecular formula is C44H76NO10P. The molecule has 0 spiro atoms. The van der Waals surface area contributed by atoms with E-state index < -0.39 is 51.1 Å². The van der Waals surface area contributed by atoms with Crippen molar-refractivity contribution >= 4 is 25.7 Å². The molecule has 4 N–H and O–H groups in total. The fourth-order valence-electron chi connectivity index (χ4n) is 5.34.